The van der Waals surface area contributed by atoms with Crippen LogP contribution in [0.5, 0.6) is 5.75 Å². The van der Waals surface area contributed by atoms with E-state index < -0.39 is 0 Å². The smallest absolute Gasteiger partial charge is 0.321 e. The van der Waals surface area contributed by atoms with Gasteiger partial charge in [-0.15, -0.1) is 0 Å². The molecule has 0 aliphatic carbocycles. The Bertz CT molecular complexity index is 1320. The number of benzene rings is 2. The third-order valence-electron chi connectivity index (χ3n) is 6.04. The Balaban J connectivity index is 1.42. The van der Waals surface area contributed by atoms with Crippen molar-refractivity contribution in [3.05, 3.63) is 72.2 Å². The molecule has 8 heteroatoms. The van der Waals surface area contributed by atoms with E-state index in [1.807, 2.05) is 36.4 Å². The van der Waals surface area contributed by atoms with Crippen LogP contribution in [0.3, 0.4) is 0 Å². The Morgan fingerprint density at radius 3 is 2.76 bits per heavy atom. The number of nitrogens with zero attached hydrogens (tertiary/aromatic N) is 4. The number of carbonyl (C=O) groups excluding carboxylic acids is 1. The maximum Gasteiger partial charge on any atom is 0.321 e. The van der Waals surface area contributed by atoms with Crippen LogP contribution >= 0.6 is 0 Å². The van der Waals surface area contributed by atoms with Gasteiger partial charge in [0.15, 0.2) is 5.65 Å². The molecule has 0 saturated carbocycles. The number of halogens is 1. The number of rotatable bonds is 4. The molecular weight excluding hydrogens is 421 g/mol. The van der Waals surface area contributed by atoms with Gasteiger partial charge in [0.05, 0.1) is 13.2 Å². The predicted molar refractivity (Wildman–Crippen MR) is 125 cm³/mol. The Hall–Kier alpha value is -3.94. The number of methoxy groups -OCH3 is 1. The molecule has 1 aliphatic rings. The van der Waals surface area contributed by atoms with Crippen molar-refractivity contribution in [1.29, 1.82) is 0 Å². The van der Waals surface area contributed by atoms with E-state index in [1.165, 1.54) is 6.07 Å². The highest BCUT2D eigenvalue weighted by molar-refractivity contribution is 5.89. The van der Waals surface area contributed by atoms with Crippen molar-refractivity contribution in [1.82, 2.24) is 19.4 Å². The van der Waals surface area contributed by atoms with E-state index >= 15 is 0 Å². The van der Waals surface area contributed by atoms with E-state index in [-0.39, 0.29) is 17.9 Å². The van der Waals surface area contributed by atoms with Crippen LogP contribution in [0, 0.1) is 12.7 Å². The van der Waals surface area contributed by atoms with Crippen LogP contribution in [0.4, 0.5) is 14.9 Å². The summed E-state index contributed by atoms with van der Waals surface area (Å²) in [7, 11) is 1.64. The number of amides is 2. The summed E-state index contributed by atoms with van der Waals surface area (Å²) in [6, 6.07) is 16.0. The molecule has 1 atom stereocenters. The predicted octanol–water partition coefficient (Wildman–Crippen LogP) is 5.03. The van der Waals surface area contributed by atoms with E-state index in [9.17, 15) is 9.18 Å². The maximum atomic E-state index is 13.9. The topological polar surface area (TPSA) is 72.3 Å². The van der Waals surface area contributed by atoms with Crippen LogP contribution in [0.15, 0.2) is 60.8 Å². The first-order valence-electron chi connectivity index (χ1n) is 10.8. The zero-order chi connectivity index (χ0) is 22.9. The molecule has 1 saturated heterocycles. The van der Waals surface area contributed by atoms with Gasteiger partial charge in [-0.2, -0.15) is 0 Å². The summed E-state index contributed by atoms with van der Waals surface area (Å²) >= 11 is 0. The Labute approximate surface area is 190 Å². The zero-order valence-electron chi connectivity index (χ0n) is 18.5. The lowest BCUT2D eigenvalue weighted by molar-refractivity contribution is 0.221. The SMILES string of the molecule is COc1ccc(-c2nc3cccnc3n2[C@@H]2CCN(C(=O)Nc3ccc(C)c(F)c3)C2)cc1. The first-order valence-corrected chi connectivity index (χ1v) is 10.8. The van der Waals surface area contributed by atoms with Gasteiger partial charge in [-0.05, 0) is 67.4 Å². The molecule has 4 aromatic rings. The third kappa shape index (κ3) is 4.00. The second-order valence-corrected chi connectivity index (χ2v) is 8.16. The molecule has 2 aromatic carbocycles. The molecule has 0 unspecified atom stereocenters. The molecular formula is C25H24FN5O2. The Morgan fingerprint density at radius 2 is 2.00 bits per heavy atom. The average Bonchev–Trinajstić information content (AvgIpc) is 3.46. The summed E-state index contributed by atoms with van der Waals surface area (Å²) in [5.74, 6) is 1.24. The number of aryl methyl sites for hydroxylation is 1. The monoisotopic (exact) mass is 445 g/mol. The Morgan fingerprint density at radius 1 is 1.18 bits per heavy atom. The van der Waals surface area contributed by atoms with Gasteiger partial charge in [0.25, 0.3) is 0 Å². The second-order valence-electron chi connectivity index (χ2n) is 8.16. The van der Waals surface area contributed by atoms with Crippen LogP contribution in [0.25, 0.3) is 22.6 Å². The lowest BCUT2D eigenvalue weighted by atomic mass is 10.2. The molecule has 3 heterocycles. The molecule has 1 fully saturated rings. The number of anilines is 1. The number of imidazole rings is 1. The fraction of sp³-hybridized carbons (Fsp3) is 0.240. The number of nitrogens with one attached hydrogen (secondary N) is 1. The fourth-order valence-corrected chi connectivity index (χ4v) is 4.23. The van der Waals surface area contributed by atoms with Gasteiger partial charge < -0.3 is 19.5 Å². The minimum absolute atomic E-state index is 0.0162. The second kappa shape index (κ2) is 8.54. The third-order valence-corrected chi connectivity index (χ3v) is 6.04. The number of ether oxygens (including phenoxy) is 1. The van der Waals surface area contributed by atoms with Gasteiger partial charge in [0.1, 0.15) is 22.9 Å². The number of likely N-dealkylation sites (tertiary alicyclic amines) is 1. The molecule has 1 aliphatic heterocycles. The van der Waals surface area contributed by atoms with E-state index in [1.54, 1.807) is 37.3 Å². The van der Waals surface area contributed by atoms with Crippen molar-refractivity contribution >= 4 is 22.9 Å². The van der Waals surface area contributed by atoms with E-state index in [0.717, 1.165) is 34.7 Å². The highest BCUT2D eigenvalue weighted by atomic mass is 19.1. The normalized spacial score (nSPS) is 15.7. The van der Waals surface area contributed by atoms with Crippen molar-refractivity contribution in [3.8, 4) is 17.1 Å². The Kier molecular flexibility index (Phi) is 5.42. The van der Waals surface area contributed by atoms with E-state index in [2.05, 4.69) is 14.9 Å². The minimum atomic E-state index is -0.341. The van der Waals surface area contributed by atoms with Crippen LogP contribution in [0.1, 0.15) is 18.0 Å². The van der Waals surface area contributed by atoms with Gasteiger partial charge >= 0.3 is 6.03 Å². The molecule has 33 heavy (non-hydrogen) atoms. The van der Waals surface area contributed by atoms with Crippen LogP contribution in [-0.2, 0) is 0 Å². The molecule has 2 aromatic heterocycles. The number of urea groups is 1. The van der Waals surface area contributed by atoms with Crippen molar-refractivity contribution in [2.24, 2.45) is 0 Å². The number of hydrogen-bond donors (Lipinski definition) is 1. The van der Waals surface area contributed by atoms with E-state index in [4.69, 9.17) is 9.72 Å². The summed E-state index contributed by atoms with van der Waals surface area (Å²) in [6.45, 7) is 2.78. The van der Waals surface area contributed by atoms with Gasteiger partial charge in [0, 0.05) is 30.5 Å². The van der Waals surface area contributed by atoms with Gasteiger partial charge in [-0.3, -0.25) is 0 Å². The summed E-state index contributed by atoms with van der Waals surface area (Å²) in [6.07, 6.45) is 2.52. The minimum Gasteiger partial charge on any atom is -0.497 e. The van der Waals surface area contributed by atoms with Crippen molar-refractivity contribution < 1.29 is 13.9 Å². The summed E-state index contributed by atoms with van der Waals surface area (Å²) in [4.78, 5) is 24.0. The highest BCUT2D eigenvalue weighted by Gasteiger charge is 2.31. The zero-order valence-corrected chi connectivity index (χ0v) is 18.5. The maximum absolute atomic E-state index is 13.9. The number of carbonyl (C=O) groups is 1. The van der Waals surface area contributed by atoms with Gasteiger partial charge in [-0.1, -0.05) is 6.07 Å². The number of pyridine rings is 1. The van der Waals surface area contributed by atoms with Crippen LogP contribution in [0.2, 0.25) is 0 Å². The largest absolute Gasteiger partial charge is 0.497 e. The first-order chi connectivity index (χ1) is 16.0. The molecule has 0 spiro atoms. The fourth-order valence-electron chi connectivity index (χ4n) is 4.23. The summed E-state index contributed by atoms with van der Waals surface area (Å²) in [5, 5.41) is 2.81. The molecule has 1 N–H and O–H groups in total. The molecule has 168 valence electrons. The molecule has 5 rings (SSSR count). The average molecular weight is 445 g/mol. The van der Waals surface area contributed by atoms with Gasteiger partial charge in [0.2, 0.25) is 0 Å². The number of fused-ring (bicyclic) bond motifs is 1. The van der Waals surface area contributed by atoms with Crippen molar-refractivity contribution in [3.63, 3.8) is 0 Å². The van der Waals surface area contributed by atoms with Crippen LogP contribution < -0.4 is 10.1 Å². The quantitative estimate of drug-likeness (QED) is 0.478. The van der Waals surface area contributed by atoms with Gasteiger partial charge in [-0.25, -0.2) is 19.2 Å². The molecule has 7 nitrogen and oxygen atoms in total. The lowest BCUT2D eigenvalue weighted by Gasteiger charge is -2.19. The molecule has 2 amide bonds. The summed E-state index contributed by atoms with van der Waals surface area (Å²) < 4.78 is 21.3. The highest BCUT2D eigenvalue weighted by Crippen LogP contribution is 2.33. The lowest BCUT2D eigenvalue weighted by Crippen LogP contribution is -2.33. The van der Waals surface area contributed by atoms with Crippen molar-refractivity contribution in [2.45, 2.75) is 19.4 Å². The van der Waals surface area contributed by atoms with E-state index in [0.29, 0.717) is 24.3 Å². The summed E-state index contributed by atoms with van der Waals surface area (Å²) in [5.41, 5.74) is 3.53. The molecule has 0 radical (unpaired) electrons. The van der Waals surface area contributed by atoms with Crippen LogP contribution in [-0.4, -0.2) is 45.7 Å². The first kappa shape index (κ1) is 20.9. The number of hydrogen-bond acceptors (Lipinski definition) is 4. The number of aromatic nitrogens is 3. The van der Waals surface area contributed by atoms with Crippen molar-refractivity contribution in [2.75, 3.05) is 25.5 Å². The molecule has 0 bridgehead atoms. The standard InChI is InChI=1S/C25H24FN5O2/c1-16-5-8-18(14-21(16)26)28-25(32)30-13-11-19(15-30)31-23(17-6-9-20(33-2)10-7-17)29-22-4-3-12-27-24(22)31/h3-10,12,14,19H,11,13,15H2,1-2H3,(H,28,32)/t19-/m1/s1.